The van der Waals surface area contributed by atoms with Crippen LogP contribution in [-0.4, -0.2) is 26.8 Å². The molecule has 0 saturated carbocycles. The van der Waals surface area contributed by atoms with Crippen LogP contribution in [0.1, 0.15) is 16.1 Å². The second-order valence-electron chi connectivity index (χ2n) is 3.82. The van der Waals surface area contributed by atoms with Gasteiger partial charge in [-0.2, -0.15) is 0 Å². The Balaban J connectivity index is 2.49. The topological polar surface area (TPSA) is 48.7 Å². The number of halogens is 1. The summed E-state index contributed by atoms with van der Waals surface area (Å²) in [4.78, 5) is 11.5. The first-order valence-corrected chi connectivity index (χ1v) is 5.45. The van der Waals surface area contributed by atoms with Crippen molar-refractivity contribution in [2.24, 2.45) is 0 Å². The van der Waals surface area contributed by atoms with Crippen LogP contribution in [0.3, 0.4) is 0 Å². The van der Waals surface area contributed by atoms with E-state index in [0.717, 1.165) is 6.07 Å². The van der Waals surface area contributed by atoms with Crippen molar-refractivity contribution in [3.63, 3.8) is 0 Å². The molecule has 0 amide bonds. The van der Waals surface area contributed by atoms with E-state index in [0.29, 0.717) is 29.8 Å². The van der Waals surface area contributed by atoms with E-state index < -0.39 is 11.8 Å². The van der Waals surface area contributed by atoms with E-state index in [9.17, 15) is 9.18 Å². The Labute approximate surface area is 103 Å². The molecule has 2 rings (SSSR count). The third-order valence-corrected chi connectivity index (χ3v) is 2.59. The van der Waals surface area contributed by atoms with E-state index in [1.165, 1.54) is 13.2 Å². The Morgan fingerprint density at radius 3 is 2.78 bits per heavy atom. The van der Waals surface area contributed by atoms with E-state index in [1.54, 1.807) is 13.2 Å². The fourth-order valence-corrected chi connectivity index (χ4v) is 1.76. The van der Waals surface area contributed by atoms with Crippen LogP contribution in [0, 0.1) is 5.82 Å². The van der Waals surface area contributed by atoms with Crippen LogP contribution in [0.2, 0.25) is 0 Å². The molecule has 0 aliphatic carbocycles. The molecule has 1 aromatic carbocycles. The summed E-state index contributed by atoms with van der Waals surface area (Å²) in [6, 6.07) is 4.13. The highest BCUT2D eigenvalue weighted by molar-refractivity contribution is 6.02. The maximum absolute atomic E-state index is 13.4. The number of carbonyl (C=O) groups excluding carboxylic acids is 1. The molecule has 0 aliphatic rings. The van der Waals surface area contributed by atoms with Crippen molar-refractivity contribution in [3.05, 3.63) is 35.3 Å². The van der Waals surface area contributed by atoms with Crippen molar-refractivity contribution in [1.82, 2.24) is 0 Å². The van der Waals surface area contributed by atoms with Crippen molar-refractivity contribution in [3.8, 4) is 0 Å². The summed E-state index contributed by atoms with van der Waals surface area (Å²) in [5.41, 5.74) is 0.436. The van der Waals surface area contributed by atoms with Gasteiger partial charge in [-0.1, -0.05) is 0 Å². The Kier molecular flexibility index (Phi) is 3.62. The van der Waals surface area contributed by atoms with Crippen LogP contribution in [-0.2, 0) is 15.9 Å². The molecule has 0 spiro atoms. The zero-order chi connectivity index (χ0) is 13.1. The molecule has 0 aliphatic heterocycles. The van der Waals surface area contributed by atoms with Crippen LogP contribution in [0.4, 0.5) is 4.39 Å². The molecule has 96 valence electrons. The average Bonchev–Trinajstić information content (AvgIpc) is 2.76. The molecule has 1 heterocycles. The van der Waals surface area contributed by atoms with Gasteiger partial charge in [0.05, 0.1) is 13.7 Å². The van der Waals surface area contributed by atoms with Crippen molar-refractivity contribution < 1.29 is 23.1 Å². The number of esters is 1. The van der Waals surface area contributed by atoms with Gasteiger partial charge in [0.2, 0.25) is 0 Å². The highest BCUT2D eigenvalue weighted by Crippen LogP contribution is 2.25. The van der Waals surface area contributed by atoms with Crippen LogP contribution < -0.4 is 0 Å². The lowest BCUT2D eigenvalue weighted by Gasteiger charge is -2.00. The van der Waals surface area contributed by atoms with Crippen molar-refractivity contribution in [2.45, 2.75) is 6.42 Å². The van der Waals surface area contributed by atoms with Crippen LogP contribution in [0.25, 0.3) is 11.0 Å². The molecule has 1 aromatic heterocycles. The Bertz CT molecular complexity index is 574. The van der Waals surface area contributed by atoms with Gasteiger partial charge < -0.3 is 13.9 Å². The van der Waals surface area contributed by atoms with E-state index >= 15 is 0 Å². The minimum Gasteiger partial charge on any atom is -0.465 e. The first kappa shape index (κ1) is 12.6. The Morgan fingerprint density at radius 2 is 2.11 bits per heavy atom. The molecule has 0 fully saturated rings. The number of rotatable bonds is 4. The zero-order valence-corrected chi connectivity index (χ0v) is 10.2. The molecule has 0 atom stereocenters. The minimum atomic E-state index is -0.618. The molecule has 5 heteroatoms. The lowest BCUT2D eigenvalue weighted by Crippen LogP contribution is -2.02. The Hall–Kier alpha value is -1.88. The van der Waals surface area contributed by atoms with Gasteiger partial charge >= 0.3 is 5.97 Å². The van der Waals surface area contributed by atoms with Gasteiger partial charge in [0.15, 0.2) is 0 Å². The number of fused-ring (bicyclic) bond motifs is 1. The summed E-state index contributed by atoms with van der Waals surface area (Å²) in [6.45, 7) is 0.496. The molecule has 0 bridgehead atoms. The number of carbonyl (C=O) groups is 1. The molecule has 4 nitrogen and oxygen atoms in total. The molecule has 0 unspecified atom stereocenters. The summed E-state index contributed by atoms with van der Waals surface area (Å²) in [5, 5.41) is 0.543. The molecule has 2 aromatic rings. The quantitative estimate of drug-likeness (QED) is 0.784. The average molecular weight is 252 g/mol. The summed E-state index contributed by atoms with van der Waals surface area (Å²) >= 11 is 0. The summed E-state index contributed by atoms with van der Waals surface area (Å²) in [5.74, 6) is -0.475. The van der Waals surface area contributed by atoms with Gasteiger partial charge in [0.1, 0.15) is 22.7 Å². The number of ether oxygens (including phenoxy) is 2. The van der Waals surface area contributed by atoms with Gasteiger partial charge in [0.25, 0.3) is 0 Å². The molecular weight excluding hydrogens is 239 g/mol. The summed E-state index contributed by atoms with van der Waals surface area (Å²) in [7, 11) is 2.83. The number of hydrogen-bond acceptors (Lipinski definition) is 4. The van der Waals surface area contributed by atoms with Gasteiger partial charge in [-0.05, 0) is 18.2 Å². The van der Waals surface area contributed by atoms with Crippen LogP contribution in [0.15, 0.2) is 22.6 Å². The number of hydrogen-bond donors (Lipinski definition) is 0. The summed E-state index contributed by atoms with van der Waals surface area (Å²) in [6.07, 6.45) is 0.563. The first-order chi connectivity index (χ1) is 8.65. The number of methoxy groups -OCH3 is 2. The molecule has 0 N–H and O–H groups in total. The predicted molar refractivity (Wildman–Crippen MR) is 63.1 cm³/mol. The normalized spacial score (nSPS) is 10.8. The maximum atomic E-state index is 13.4. The van der Waals surface area contributed by atoms with Crippen molar-refractivity contribution >= 4 is 16.9 Å². The van der Waals surface area contributed by atoms with Gasteiger partial charge in [0, 0.05) is 18.9 Å². The highest BCUT2D eigenvalue weighted by atomic mass is 19.1. The second kappa shape index (κ2) is 5.18. The van der Waals surface area contributed by atoms with Crippen LogP contribution in [0.5, 0.6) is 0 Å². The third-order valence-electron chi connectivity index (χ3n) is 2.59. The SMILES string of the molecule is COCCc1cc2cc(F)cc(C(=O)OC)c2o1. The second-order valence-corrected chi connectivity index (χ2v) is 3.82. The lowest BCUT2D eigenvalue weighted by molar-refractivity contribution is 0.0601. The molecular formula is C13H13FO4. The van der Waals surface area contributed by atoms with Crippen molar-refractivity contribution in [1.29, 1.82) is 0 Å². The van der Waals surface area contributed by atoms with Gasteiger partial charge in [-0.15, -0.1) is 0 Å². The van der Waals surface area contributed by atoms with Gasteiger partial charge in [-0.25, -0.2) is 9.18 Å². The number of benzene rings is 1. The van der Waals surface area contributed by atoms with E-state index in [-0.39, 0.29) is 5.56 Å². The third kappa shape index (κ3) is 2.36. The zero-order valence-electron chi connectivity index (χ0n) is 10.2. The largest absolute Gasteiger partial charge is 0.465 e. The Morgan fingerprint density at radius 1 is 1.33 bits per heavy atom. The standard InChI is InChI=1S/C13H13FO4/c1-16-4-3-10-6-8-5-9(14)7-11(12(8)18-10)13(15)17-2/h5-7H,3-4H2,1-2H3. The van der Waals surface area contributed by atoms with Crippen molar-refractivity contribution in [2.75, 3.05) is 20.8 Å². The molecule has 0 radical (unpaired) electrons. The summed E-state index contributed by atoms with van der Waals surface area (Å²) < 4.78 is 28.5. The van der Waals surface area contributed by atoms with E-state index in [1.807, 2.05) is 0 Å². The lowest BCUT2D eigenvalue weighted by atomic mass is 10.1. The molecule has 0 saturated heterocycles. The fourth-order valence-electron chi connectivity index (χ4n) is 1.76. The maximum Gasteiger partial charge on any atom is 0.341 e. The molecule has 18 heavy (non-hydrogen) atoms. The smallest absolute Gasteiger partial charge is 0.341 e. The van der Waals surface area contributed by atoms with Gasteiger partial charge in [-0.3, -0.25) is 0 Å². The number of furan rings is 1. The highest BCUT2D eigenvalue weighted by Gasteiger charge is 2.16. The fraction of sp³-hybridized carbons (Fsp3) is 0.308. The van der Waals surface area contributed by atoms with E-state index in [2.05, 4.69) is 4.74 Å². The first-order valence-electron chi connectivity index (χ1n) is 5.45. The predicted octanol–water partition coefficient (Wildman–Crippen LogP) is 2.55. The van der Waals surface area contributed by atoms with E-state index in [4.69, 9.17) is 9.15 Å². The minimum absolute atomic E-state index is 0.0937. The monoisotopic (exact) mass is 252 g/mol. The van der Waals surface area contributed by atoms with Crippen LogP contribution >= 0.6 is 0 Å².